The summed E-state index contributed by atoms with van der Waals surface area (Å²) in [6.07, 6.45) is 1.91. The molecular formula is C19H32N4O. The van der Waals surface area contributed by atoms with Crippen LogP contribution in [-0.2, 0) is 6.42 Å². The molecule has 0 aromatic heterocycles. The molecule has 134 valence electrons. The van der Waals surface area contributed by atoms with Crippen molar-refractivity contribution in [3.8, 4) is 0 Å². The molecule has 1 N–H and O–H groups in total. The summed E-state index contributed by atoms with van der Waals surface area (Å²) >= 11 is 0. The van der Waals surface area contributed by atoms with Crippen LogP contribution in [0.15, 0.2) is 30.3 Å². The van der Waals surface area contributed by atoms with Crippen molar-refractivity contribution in [3.05, 3.63) is 35.9 Å². The van der Waals surface area contributed by atoms with Crippen LogP contribution in [0.5, 0.6) is 0 Å². The van der Waals surface area contributed by atoms with Crippen molar-refractivity contribution in [3.63, 3.8) is 0 Å². The van der Waals surface area contributed by atoms with Crippen LogP contribution in [0, 0.1) is 0 Å². The fraction of sp³-hybridized carbons (Fsp3) is 0.632. The van der Waals surface area contributed by atoms with Gasteiger partial charge in [-0.2, -0.15) is 0 Å². The molecule has 1 aromatic rings. The number of nitrogens with zero attached hydrogens (tertiary/aromatic N) is 3. The highest BCUT2D eigenvalue weighted by Crippen LogP contribution is 2.07. The number of rotatable bonds is 6. The Balaban J connectivity index is 1.93. The van der Waals surface area contributed by atoms with Crippen LogP contribution in [0.25, 0.3) is 0 Å². The van der Waals surface area contributed by atoms with E-state index in [2.05, 4.69) is 60.4 Å². The molecule has 0 bridgehead atoms. The van der Waals surface area contributed by atoms with E-state index in [0.717, 1.165) is 52.1 Å². The molecule has 1 aliphatic heterocycles. The molecule has 1 heterocycles. The minimum Gasteiger partial charge on any atom is -0.334 e. The molecule has 1 saturated heterocycles. The van der Waals surface area contributed by atoms with Crippen molar-refractivity contribution >= 4 is 6.03 Å². The maximum Gasteiger partial charge on any atom is 0.317 e. The SMILES string of the molecule is CCN1CCCN(C(=O)N[C@@H](Cc2ccccc2)CN(C)C)CC1. The average molecular weight is 332 g/mol. The number of carbonyl (C=O) groups is 1. The second-order valence-electron chi connectivity index (χ2n) is 6.87. The lowest BCUT2D eigenvalue weighted by atomic mass is 10.1. The number of hydrogen-bond acceptors (Lipinski definition) is 3. The molecule has 1 fully saturated rings. The monoisotopic (exact) mass is 332 g/mol. The molecule has 0 saturated carbocycles. The molecule has 2 amide bonds. The van der Waals surface area contributed by atoms with Gasteiger partial charge in [-0.05, 0) is 45.6 Å². The third-order valence-electron chi connectivity index (χ3n) is 4.56. The summed E-state index contributed by atoms with van der Waals surface area (Å²) in [6.45, 7) is 7.82. The number of likely N-dealkylation sites (N-methyl/N-ethyl adjacent to an activating group) is 2. The Hall–Kier alpha value is -1.59. The van der Waals surface area contributed by atoms with E-state index in [0.29, 0.717) is 0 Å². The summed E-state index contributed by atoms with van der Waals surface area (Å²) in [5.41, 5.74) is 1.26. The molecule has 1 aliphatic rings. The number of amides is 2. The van der Waals surface area contributed by atoms with Gasteiger partial charge in [-0.25, -0.2) is 4.79 Å². The van der Waals surface area contributed by atoms with Crippen molar-refractivity contribution in [2.45, 2.75) is 25.8 Å². The Morgan fingerprint density at radius 1 is 1.17 bits per heavy atom. The smallest absolute Gasteiger partial charge is 0.317 e. The van der Waals surface area contributed by atoms with Gasteiger partial charge in [0.25, 0.3) is 0 Å². The van der Waals surface area contributed by atoms with E-state index in [1.165, 1.54) is 5.56 Å². The maximum atomic E-state index is 12.7. The van der Waals surface area contributed by atoms with Gasteiger partial charge in [-0.1, -0.05) is 37.3 Å². The van der Waals surface area contributed by atoms with Gasteiger partial charge >= 0.3 is 6.03 Å². The van der Waals surface area contributed by atoms with Crippen LogP contribution in [0.4, 0.5) is 4.79 Å². The van der Waals surface area contributed by atoms with Crippen molar-refractivity contribution in [1.82, 2.24) is 20.0 Å². The Labute approximate surface area is 146 Å². The molecule has 0 radical (unpaired) electrons. The molecule has 1 aromatic carbocycles. The summed E-state index contributed by atoms with van der Waals surface area (Å²) in [5.74, 6) is 0. The molecule has 0 aliphatic carbocycles. The Morgan fingerprint density at radius 2 is 1.92 bits per heavy atom. The third kappa shape index (κ3) is 6.13. The van der Waals surface area contributed by atoms with Crippen molar-refractivity contribution in [2.75, 3.05) is 53.4 Å². The first-order valence-corrected chi connectivity index (χ1v) is 9.05. The molecule has 2 rings (SSSR count). The molecule has 5 heteroatoms. The van der Waals surface area contributed by atoms with Gasteiger partial charge < -0.3 is 20.0 Å². The summed E-state index contributed by atoms with van der Waals surface area (Å²) in [5, 5.41) is 3.25. The number of benzene rings is 1. The predicted molar refractivity (Wildman–Crippen MR) is 99.3 cm³/mol. The number of nitrogens with one attached hydrogen (secondary N) is 1. The molecule has 0 spiro atoms. The lowest BCUT2D eigenvalue weighted by Gasteiger charge is -2.27. The highest BCUT2D eigenvalue weighted by molar-refractivity contribution is 5.74. The van der Waals surface area contributed by atoms with Crippen LogP contribution in [0.3, 0.4) is 0 Å². The number of urea groups is 1. The van der Waals surface area contributed by atoms with Crippen LogP contribution in [-0.4, -0.2) is 80.1 Å². The lowest BCUT2D eigenvalue weighted by molar-refractivity contribution is 0.191. The topological polar surface area (TPSA) is 38.8 Å². The standard InChI is InChI=1S/C19H32N4O/c1-4-22-11-8-12-23(14-13-22)19(24)20-18(16-21(2)3)15-17-9-6-5-7-10-17/h5-7,9-10,18H,4,8,11-16H2,1-3H3,(H,20,24)/t18-/m0/s1. The summed E-state index contributed by atoms with van der Waals surface area (Å²) in [4.78, 5) is 19.2. The van der Waals surface area contributed by atoms with Gasteiger partial charge in [0.15, 0.2) is 0 Å². The minimum atomic E-state index is 0.0794. The number of carbonyl (C=O) groups excluding carboxylic acids is 1. The van der Waals surface area contributed by atoms with Crippen molar-refractivity contribution < 1.29 is 4.79 Å². The average Bonchev–Trinajstić information content (AvgIpc) is 2.80. The molecule has 5 nitrogen and oxygen atoms in total. The number of hydrogen-bond donors (Lipinski definition) is 1. The van der Waals surface area contributed by atoms with Crippen LogP contribution in [0.2, 0.25) is 0 Å². The van der Waals surface area contributed by atoms with Gasteiger partial charge in [-0.3, -0.25) is 0 Å². The van der Waals surface area contributed by atoms with Crippen molar-refractivity contribution in [1.29, 1.82) is 0 Å². The van der Waals surface area contributed by atoms with Crippen LogP contribution < -0.4 is 5.32 Å². The minimum absolute atomic E-state index is 0.0794. The molecule has 24 heavy (non-hydrogen) atoms. The van der Waals surface area contributed by atoms with E-state index in [4.69, 9.17) is 0 Å². The lowest BCUT2D eigenvalue weighted by Crippen LogP contribution is -2.50. The maximum absolute atomic E-state index is 12.7. The van der Waals surface area contributed by atoms with Gasteiger partial charge in [-0.15, -0.1) is 0 Å². The zero-order valence-electron chi connectivity index (χ0n) is 15.4. The van der Waals surface area contributed by atoms with Gasteiger partial charge in [0.05, 0.1) is 0 Å². The molecule has 1 atom stereocenters. The Kier molecular flexibility index (Phi) is 7.53. The van der Waals surface area contributed by atoms with E-state index in [1.54, 1.807) is 0 Å². The van der Waals surface area contributed by atoms with Gasteiger partial charge in [0, 0.05) is 32.2 Å². The van der Waals surface area contributed by atoms with Crippen molar-refractivity contribution in [2.24, 2.45) is 0 Å². The van der Waals surface area contributed by atoms with Crippen LogP contribution in [0.1, 0.15) is 18.9 Å². The third-order valence-corrected chi connectivity index (χ3v) is 4.56. The summed E-state index contributed by atoms with van der Waals surface area (Å²) in [6, 6.07) is 10.6. The van der Waals surface area contributed by atoms with E-state index < -0.39 is 0 Å². The molecule has 0 unspecified atom stereocenters. The van der Waals surface area contributed by atoms with E-state index in [-0.39, 0.29) is 12.1 Å². The normalized spacial score (nSPS) is 17.6. The summed E-state index contributed by atoms with van der Waals surface area (Å²) < 4.78 is 0. The van der Waals surface area contributed by atoms with Gasteiger partial charge in [0.2, 0.25) is 0 Å². The predicted octanol–water partition coefficient (Wildman–Crippen LogP) is 1.90. The fourth-order valence-corrected chi connectivity index (χ4v) is 3.26. The largest absolute Gasteiger partial charge is 0.334 e. The van der Waals surface area contributed by atoms with E-state index >= 15 is 0 Å². The summed E-state index contributed by atoms with van der Waals surface area (Å²) in [7, 11) is 4.10. The van der Waals surface area contributed by atoms with E-state index in [9.17, 15) is 4.79 Å². The highest BCUT2D eigenvalue weighted by atomic mass is 16.2. The fourth-order valence-electron chi connectivity index (χ4n) is 3.26. The highest BCUT2D eigenvalue weighted by Gasteiger charge is 2.21. The second kappa shape index (κ2) is 9.64. The second-order valence-corrected chi connectivity index (χ2v) is 6.87. The quantitative estimate of drug-likeness (QED) is 0.865. The van der Waals surface area contributed by atoms with Crippen LogP contribution >= 0.6 is 0 Å². The first-order chi connectivity index (χ1) is 11.6. The first kappa shape index (κ1) is 18.7. The Bertz CT molecular complexity index is 491. The molecular weight excluding hydrogens is 300 g/mol. The zero-order chi connectivity index (χ0) is 17.4. The Morgan fingerprint density at radius 3 is 2.58 bits per heavy atom. The first-order valence-electron chi connectivity index (χ1n) is 9.05. The zero-order valence-corrected chi connectivity index (χ0v) is 15.4. The van der Waals surface area contributed by atoms with Gasteiger partial charge in [0.1, 0.15) is 0 Å². The van der Waals surface area contributed by atoms with E-state index in [1.807, 2.05) is 11.0 Å².